The maximum atomic E-state index is 13.4. The smallest absolute Gasteiger partial charge is 0.213 e. The zero-order chi connectivity index (χ0) is 26.1. The van der Waals surface area contributed by atoms with Crippen molar-refractivity contribution in [2.45, 2.75) is 63.1 Å². The van der Waals surface area contributed by atoms with Gasteiger partial charge in [0.15, 0.2) is 0 Å². The van der Waals surface area contributed by atoms with Gasteiger partial charge in [-0.1, -0.05) is 29.8 Å². The van der Waals surface area contributed by atoms with Gasteiger partial charge in [-0.25, -0.2) is 9.37 Å². The van der Waals surface area contributed by atoms with Crippen molar-refractivity contribution in [2.24, 2.45) is 0 Å². The molecule has 3 heterocycles. The summed E-state index contributed by atoms with van der Waals surface area (Å²) in [4.78, 5) is 6.63. The van der Waals surface area contributed by atoms with E-state index in [1.54, 1.807) is 6.20 Å². The van der Waals surface area contributed by atoms with Crippen molar-refractivity contribution in [3.8, 4) is 11.6 Å². The van der Waals surface area contributed by atoms with Gasteiger partial charge in [0.1, 0.15) is 23.6 Å². The minimum Gasteiger partial charge on any atom is -0.474 e. The molecule has 1 saturated carbocycles. The molecule has 2 aromatic carbocycles. The van der Waals surface area contributed by atoms with E-state index in [2.05, 4.69) is 33.6 Å². The van der Waals surface area contributed by atoms with E-state index >= 15 is 0 Å². The highest BCUT2D eigenvalue weighted by Crippen LogP contribution is 2.37. The maximum absolute atomic E-state index is 13.4. The molecule has 2 aromatic heterocycles. The van der Waals surface area contributed by atoms with Crippen LogP contribution in [0, 0.1) is 5.82 Å². The van der Waals surface area contributed by atoms with Crippen LogP contribution in [0.15, 0.2) is 66.9 Å². The second-order valence-electron chi connectivity index (χ2n) is 10.4. The van der Waals surface area contributed by atoms with Crippen LogP contribution in [0.3, 0.4) is 0 Å². The van der Waals surface area contributed by atoms with Crippen molar-refractivity contribution >= 4 is 11.6 Å². The third-order valence-electron chi connectivity index (χ3n) is 7.84. The minimum absolute atomic E-state index is 0.170. The van der Waals surface area contributed by atoms with E-state index in [0.29, 0.717) is 11.8 Å². The lowest BCUT2D eigenvalue weighted by Crippen LogP contribution is -2.34. The zero-order valence-corrected chi connectivity index (χ0v) is 22.2. The van der Waals surface area contributed by atoms with Crippen molar-refractivity contribution in [2.75, 3.05) is 7.05 Å². The first kappa shape index (κ1) is 25.0. The van der Waals surface area contributed by atoms with Crippen molar-refractivity contribution < 1.29 is 9.13 Å². The second-order valence-corrected chi connectivity index (χ2v) is 10.9. The quantitative estimate of drug-likeness (QED) is 0.298. The Morgan fingerprint density at radius 2 is 1.82 bits per heavy atom. The van der Waals surface area contributed by atoms with E-state index < -0.39 is 0 Å². The van der Waals surface area contributed by atoms with Crippen LogP contribution >= 0.6 is 11.6 Å². The topological polar surface area (TPSA) is 56.1 Å². The highest BCUT2D eigenvalue weighted by atomic mass is 35.5. The number of pyridine rings is 1. The third kappa shape index (κ3) is 5.31. The van der Waals surface area contributed by atoms with E-state index in [4.69, 9.17) is 26.5 Å². The molecule has 0 spiro atoms. The van der Waals surface area contributed by atoms with Crippen LogP contribution in [-0.2, 0) is 19.4 Å². The molecular weight excluding hydrogens is 501 g/mol. The van der Waals surface area contributed by atoms with Crippen LogP contribution in [0.1, 0.15) is 54.4 Å². The first-order valence-corrected chi connectivity index (χ1v) is 13.7. The zero-order valence-electron chi connectivity index (χ0n) is 21.4. The second kappa shape index (κ2) is 10.8. The summed E-state index contributed by atoms with van der Waals surface area (Å²) in [5, 5.41) is 10.2. The number of aromatic nitrogens is 4. The maximum Gasteiger partial charge on any atom is 0.213 e. The van der Waals surface area contributed by atoms with Crippen LogP contribution in [0.5, 0.6) is 5.88 Å². The number of benzene rings is 2. The average Bonchev–Trinajstić information content (AvgIpc) is 3.26. The molecule has 0 radical (unpaired) electrons. The van der Waals surface area contributed by atoms with E-state index in [1.165, 1.54) is 17.7 Å². The Kier molecular flexibility index (Phi) is 7.13. The molecular formula is C30H31ClFN5O. The van der Waals surface area contributed by atoms with Crippen LogP contribution < -0.4 is 4.74 Å². The Hall–Kier alpha value is -3.29. The molecule has 4 aromatic rings. The Morgan fingerprint density at radius 3 is 2.58 bits per heavy atom. The van der Waals surface area contributed by atoms with Crippen molar-refractivity contribution in [1.29, 1.82) is 0 Å². The largest absolute Gasteiger partial charge is 0.474 e. The number of ether oxygens (including phenoxy) is 1. The number of hydrogen-bond donors (Lipinski definition) is 0. The summed E-state index contributed by atoms with van der Waals surface area (Å²) in [7, 11) is 2.12. The Balaban J connectivity index is 1.24. The fourth-order valence-corrected chi connectivity index (χ4v) is 6.00. The van der Waals surface area contributed by atoms with Gasteiger partial charge in [-0.05, 0) is 86.7 Å². The third-order valence-corrected chi connectivity index (χ3v) is 8.08. The van der Waals surface area contributed by atoms with Gasteiger partial charge < -0.3 is 4.74 Å². The van der Waals surface area contributed by atoms with Crippen molar-refractivity contribution in [3.63, 3.8) is 0 Å². The fraction of sp³-hybridized carbons (Fsp3) is 0.367. The van der Waals surface area contributed by atoms with E-state index in [1.807, 2.05) is 36.4 Å². The first-order chi connectivity index (χ1) is 18.5. The highest BCUT2D eigenvalue weighted by Gasteiger charge is 2.32. The standard InChI is InChI=1S/C30H31ClFN5O/c1-36(19-20-5-10-24(32)11-6-20)25-17-22-16-23(31)9-14-27(22)37-28(18-25)34-35-30(37)21-7-12-26(13-8-21)38-29-4-2-3-15-33-29/h2-6,9-11,14-16,21,25-26H,7-8,12-13,17-19H2,1H3/t21?,25-,26?/m0/s1. The number of halogens is 2. The van der Waals surface area contributed by atoms with Crippen molar-refractivity contribution in [1.82, 2.24) is 24.6 Å². The summed E-state index contributed by atoms with van der Waals surface area (Å²) in [5.74, 6) is 2.80. The SMILES string of the molecule is CN(Cc1ccc(F)cc1)[C@H]1Cc2cc(Cl)ccc2-n2c(nnc2C2CCC(Oc3ccccn3)CC2)C1. The van der Waals surface area contributed by atoms with Crippen LogP contribution in [0.4, 0.5) is 4.39 Å². The van der Waals surface area contributed by atoms with Gasteiger partial charge >= 0.3 is 0 Å². The number of hydrogen-bond acceptors (Lipinski definition) is 5. The van der Waals surface area contributed by atoms with Gasteiger partial charge in [0.2, 0.25) is 5.88 Å². The molecule has 0 saturated heterocycles. The van der Waals surface area contributed by atoms with Gasteiger partial charge in [0.05, 0.1) is 5.69 Å². The van der Waals surface area contributed by atoms with Gasteiger partial charge in [0.25, 0.3) is 0 Å². The van der Waals surface area contributed by atoms with Crippen LogP contribution in [0.2, 0.25) is 5.02 Å². The molecule has 1 fully saturated rings. The lowest BCUT2D eigenvalue weighted by molar-refractivity contribution is 0.139. The summed E-state index contributed by atoms with van der Waals surface area (Å²) < 4.78 is 21.8. The van der Waals surface area contributed by atoms with Crippen molar-refractivity contribution in [3.05, 3.63) is 100 Å². The molecule has 196 valence electrons. The lowest BCUT2D eigenvalue weighted by atomic mass is 9.86. The molecule has 1 aliphatic heterocycles. The van der Waals surface area contributed by atoms with Gasteiger partial charge in [-0.2, -0.15) is 0 Å². The molecule has 6 rings (SSSR count). The summed E-state index contributed by atoms with van der Waals surface area (Å²) in [6.07, 6.45) is 7.46. The molecule has 38 heavy (non-hydrogen) atoms. The van der Waals surface area contributed by atoms with Gasteiger partial charge in [0, 0.05) is 42.2 Å². The predicted octanol–water partition coefficient (Wildman–Crippen LogP) is 6.16. The minimum atomic E-state index is -0.215. The highest BCUT2D eigenvalue weighted by molar-refractivity contribution is 6.30. The number of nitrogens with zero attached hydrogens (tertiary/aromatic N) is 5. The first-order valence-electron chi connectivity index (χ1n) is 13.3. The van der Waals surface area contributed by atoms with E-state index in [0.717, 1.165) is 73.0 Å². The Labute approximate surface area is 227 Å². The summed E-state index contributed by atoms with van der Waals surface area (Å²) in [5.41, 5.74) is 3.39. The number of likely N-dealkylation sites (N-methyl/N-ethyl adjacent to an activating group) is 1. The fourth-order valence-electron chi connectivity index (χ4n) is 5.81. The van der Waals surface area contributed by atoms with E-state index in [-0.39, 0.29) is 18.0 Å². The normalized spacial score (nSPS) is 21.0. The Morgan fingerprint density at radius 1 is 1.00 bits per heavy atom. The average molecular weight is 532 g/mol. The number of rotatable bonds is 6. The molecule has 0 bridgehead atoms. The monoisotopic (exact) mass is 531 g/mol. The molecule has 0 amide bonds. The molecule has 6 nitrogen and oxygen atoms in total. The summed E-state index contributed by atoms with van der Waals surface area (Å²) in [6.45, 7) is 0.724. The Bertz CT molecular complexity index is 1390. The van der Waals surface area contributed by atoms with Gasteiger partial charge in [-0.3, -0.25) is 9.47 Å². The molecule has 2 aliphatic rings. The summed E-state index contributed by atoms with van der Waals surface area (Å²) >= 11 is 6.47. The molecule has 0 N–H and O–H groups in total. The molecule has 0 unspecified atom stereocenters. The number of fused-ring (bicyclic) bond motifs is 3. The van der Waals surface area contributed by atoms with Gasteiger partial charge in [-0.15, -0.1) is 10.2 Å². The molecule has 8 heteroatoms. The lowest BCUT2D eigenvalue weighted by Gasteiger charge is -2.28. The van der Waals surface area contributed by atoms with E-state index in [9.17, 15) is 4.39 Å². The van der Waals surface area contributed by atoms with Crippen LogP contribution in [0.25, 0.3) is 5.69 Å². The predicted molar refractivity (Wildman–Crippen MR) is 145 cm³/mol. The van der Waals surface area contributed by atoms with Crippen LogP contribution in [-0.4, -0.2) is 43.8 Å². The molecule has 1 atom stereocenters. The molecule has 1 aliphatic carbocycles. The summed E-state index contributed by atoms with van der Waals surface area (Å²) in [6, 6.07) is 18.8.